The molecule has 0 aliphatic carbocycles. The van der Waals surface area contributed by atoms with Crippen LogP contribution >= 0.6 is 0 Å². The number of hydrogen-bond acceptors (Lipinski definition) is 4. The molecule has 160 valence electrons. The molecule has 0 radical (unpaired) electrons. The minimum atomic E-state index is -0.0839. The van der Waals surface area contributed by atoms with E-state index in [1.165, 1.54) is 0 Å². The summed E-state index contributed by atoms with van der Waals surface area (Å²) in [7, 11) is 1.62. The number of aryl methyl sites for hydroxylation is 1. The maximum atomic E-state index is 13.5. The van der Waals surface area contributed by atoms with Crippen molar-refractivity contribution in [1.29, 1.82) is 0 Å². The maximum absolute atomic E-state index is 13.5. The van der Waals surface area contributed by atoms with Gasteiger partial charge in [-0.25, -0.2) is 4.68 Å². The van der Waals surface area contributed by atoms with Gasteiger partial charge in [0.2, 0.25) is 5.91 Å². The Kier molecular flexibility index (Phi) is 5.75. The normalized spacial score (nSPS) is 13.9. The van der Waals surface area contributed by atoms with Crippen LogP contribution < -0.4 is 4.74 Å². The largest absolute Gasteiger partial charge is 0.497 e. The van der Waals surface area contributed by atoms with Crippen LogP contribution in [-0.2, 0) is 4.79 Å². The lowest BCUT2D eigenvalue weighted by Gasteiger charge is -2.34. The summed E-state index contributed by atoms with van der Waals surface area (Å²) in [6.45, 7) is 5.69. The second-order valence-corrected chi connectivity index (χ2v) is 7.70. The average Bonchev–Trinajstić information content (AvgIpc) is 3.24. The molecule has 1 aromatic heterocycles. The van der Waals surface area contributed by atoms with Crippen LogP contribution in [0, 0.1) is 6.92 Å². The minimum absolute atomic E-state index is 0.0383. The summed E-state index contributed by atoms with van der Waals surface area (Å²) in [5.41, 5.74) is 4.00. The first-order valence-electron chi connectivity index (χ1n) is 10.3. The lowest BCUT2D eigenvalue weighted by atomic mass is 10.1. The van der Waals surface area contributed by atoms with Crippen molar-refractivity contribution in [1.82, 2.24) is 19.6 Å². The Hall–Kier alpha value is -3.61. The predicted octanol–water partition coefficient (Wildman–Crippen LogP) is 3.16. The van der Waals surface area contributed by atoms with Crippen molar-refractivity contribution in [3.05, 3.63) is 65.9 Å². The van der Waals surface area contributed by atoms with Crippen molar-refractivity contribution in [2.75, 3.05) is 33.3 Å². The van der Waals surface area contributed by atoms with Gasteiger partial charge in [0.25, 0.3) is 5.91 Å². The van der Waals surface area contributed by atoms with Gasteiger partial charge in [-0.2, -0.15) is 5.10 Å². The molecule has 0 unspecified atom stereocenters. The standard InChI is InChI=1S/C24H26N4O3/c1-17-7-9-20(10-8-17)28-16-22(23(25-28)19-5-4-6-21(15-19)31-3)24(30)27-13-11-26(12-14-27)18(2)29/h4-10,15-16H,11-14H2,1-3H3. The number of aromatic nitrogens is 2. The summed E-state index contributed by atoms with van der Waals surface area (Å²) in [6, 6.07) is 15.6. The molecular formula is C24H26N4O3. The molecular weight excluding hydrogens is 392 g/mol. The topological polar surface area (TPSA) is 67.7 Å². The van der Waals surface area contributed by atoms with Gasteiger partial charge in [0, 0.05) is 44.9 Å². The van der Waals surface area contributed by atoms with Gasteiger partial charge in [0.1, 0.15) is 11.4 Å². The highest BCUT2D eigenvalue weighted by molar-refractivity contribution is 6.00. The zero-order valence-corrected chi connectivity index (χ0v) is 18.0. The third kappa shape index (κ3) is 4.30. The molecule has 1 aliphatic rings. The van der Waals surface area contributed by atoms with E-state index in [9.17, 15) is 9.59 Å². The Labute approximate surface area is 181 Å². The zero-order chi connectivity index (χ0) is 22.0. The number of piperazine rings is 1. The monoisotopic (exact) mass is 418 g/mol. The fourth-order valence-electron chi connectivity index (χ4n) is 3.74. The van der Waals surface area contributed by atoms with Crippen LogP contribution in [0.4, 0.5) is 0 Å². The highest BCUT2D eigenvalue weighted by atomic mass is 16.5. The molecule has 2 aromatic carbocycles. The zero-order valence-electron chi connectivity index (χ0n) is 18.0. The molecule has 0 atom stereocenters. The number of carbonyl (C=O) groups excluding carboxylic acids is 2. The van der Waals surface area contributed by atoms with Gasteiger partial charge >= 0.3 is 0 Å². The summed E-state index contributed by atoms with van der Waals surface area (Å²) in [5, 5.41) is 4.76. The number of amides is 2. The van der Waals surface area contributed by atoms with Crippen molar-refractivity contribution in [2.24, 2.45) is 0 Å². The number of benzene rings is 2. The number of methoxy groups -OCH3 is 1. The van der Waals surface area contributed by atoms with Crippen LogP contribution in [0.1, 0.15) is 22.8 Å². The Morgan fingerprint density at radius 3 is 2.29 bits per heavy atom. The van der Waals surface area contributed by atoms with Gasteiger partial charge in [-0.3, -0.25) is 9.59 Å². The molecule has 1 saturated heterocycles. The SMILES string of the molecule is COc1cccc(-c2nn(-c3ccc(C)cc3)cc2C(=O)N2CCN(C(C)=O)CC2)c1. The van der Waals surface area contributed by atoms with Gasteiger partial charge < -0.3 is 14.5 Å². The van der Waals surface area contributed by atoms with E-state index < -0.39 is 0 Å². The molecule has 31 heavy (non-hydrogen) atoms. The number of rotatable bonds is 4. The van der Waals surface area contributed by atoms with E-state index in [4.69, 9.17) is 9.84 Å². The summed E-state index contributed by atoms with van der Waals surface area (Å²) in [5.74, 6) is 0.659. The lowest BCUT2D eigenvalue weighted by molar-refractivity contribution is -0.130. The van der Waals surface area contributed by atoms with Crippen LogP contribution in [0.5, 0.6) is 5.75 Å². The van der Waals surface area contributed by atoms with Gasteiger partial charge in [-0.05, 0) is 31.2 Å². The minimum Gasteiger partial charge on any atom is -0.497 e. The van der Waals surface area contributed by atoms with Crippen molar-refractivity contribution in [3.8, 4) is 22.7 Å². The van der Waals surface area contributed by atoms with Crippen molar-refractivity contribution < 1.29 is 14.3 Å². The van der Waals surface area contributed by atoms with Crippen LogP contribution in [0.15, 0.2) is 54.7 Å². The fraction of sp³-hybridized carbons (Fsp3) is 0.292. The van der Waals surface area contributed by atoms with Crippen LogP contribution in [0.3, 0.4) is 0 Å². The first kappa shape index (κ1) is 20.7. The Morgan fingerprint density at radius 2 is 1.65 bits per heavy atom. The Bertz CT molecular complexity index is 1100. The van der Waals surface area contributed by atoms with Gasteiger partial charge in [0.05, 0.1) is 18.4 Å². The third-order valence-electron chi connectivity index (χ3n) is 5.60. The van der Waals surface area contributed by atoms with E-state index in [2.05, 4.69) is 0 Å². The summed E-state index contributed by atoms with van der Waals surface area (Å²) < 4.78 is 7.11. The predicted molar refractivity (Wildman–Crippen MR) is 118 cm³/mol. The van der Waals surface area contributed by atoms with E-state index in [-0.39, 0.29) is 11.8 Å². The number of ether oxygens (including phenoxy) is 1. The molecule has 1 aliphatic heterocycles. The van der Waals surface area contributed by atoms with E-state index in [1.807, 2.05) is 55.5 Å². The smallest absolute Gasteiger partial charge is 0.257 e. The molecule has 2 heterocycles. The third-order valence-corrected chi connectivity index (χ3v) is 5.60. The Morgan fingerprint density at radius 1 is 0.968 bits per heavy atom. The first-order valence-corrected chi connectivity index (χ1v) is 10.3. The average molecular weight is 418 g/mol. The summed E-state index contributed by atoms with van der Waals surface area (Å²) in [6.07, 6.45) is 1.79. The lowest BCUT2D eigenvalue weighted by Crippen LogP contribution is -2.50. The van der Waals surface area contributed by atoms with E-state index in [0.29, 0.717) is 43.2 Å². The molecule has 1 fully saturated rings. The molecule has 7 nitrogen and oxygen atoms in total. The summed E-state index contributed by atoms with van der Waals surface area (Å²) in [4.78, 5) is 28.6. The number of carbonyl (C=O) groups is 2. The molecule has 2 amide bonds. The second-order valence-electron chi connectivity index (χ2n) is 7.70. The highest BCUT2D eigenvalue weighted by Gasteiger charge is 2.27. The molecule has 0 N–H and O–H groups in total. The molecule has 7 heteroatoms. The molecule has 3 aromatic rings. The van der Waals surface area contributed by atoms with Crippen LogP contribution in [0.2, 0.25) is 0 Å². The van der Waals surface area contributed by atoms with Gasteiger partial charge in [-0.15, -0.1) is 0 Å². The van der Waals surface area contributed by atoms with E-state index >= 15 is 0 Å². The van der Waals surface area contributed by atoms with Gasteiger partial charge in [0.15, 0.2) is 0 Å². The van der Waals surface area contributed by atoms with E-state index in [1.54, 1.807) is 34.7 Å². The molecule has 0 saturated carbocycles. The van der Waals surface area contributed by atoms with E-state index in [0.717, 1.165) is 16.8 Å². The summed E-state index contributed by atoms with van der Waals surface area (Å²) >= 11 is 0. The number of hydrogen-bond donors (Lipinski definition) is 0. The molecule has 0 spiro atoms. The first-order chi connectivity index (χ1) is 15.0. The second kappa shape index (κ2) is 8.63. The highest BCUT2D eigenvalue weighted by Crippen LogP contribution is 2.28. The molecule has 0 bridgehead atoms. The van der Waals surface area contributed by atoms with Crippen molar-refractivity contribution in [2.45, 2.75) is 13.8 Å². The van der Waals surface area contributed by atoms with Gasteiger partial charge in [-0.1, -0.05) is 29.8 Å². The number of nitrogens with zero attached hydrogens (tertiary/aromatic N) is 4. The van der Waals surface area contributed by atoms with Crippen molar-refractivity contribution >= 4 is 11.8 Å². The van der Waals surface area contributed by atoms with Crippen LogP contribution in [-0.4, -0.2) is 64.7 Å². The molecule has 4 rings (SSSR count). The maximum Gasteiger partial charge on any atom is 0.257 e. The van der Waals surface area contributed by atoms with Crippen LogP contribution in [0.25, 0.3) is 16.9 Å². The fourth-order valence-corrected chi connectivity index (χ4v) is 3.74. The quantitative estimate of drug-likeness (QED) is 0.653. The Balaban J connectivity index is 1.72. The van der Waals surface area contributed by atoms with Crippen molar-refractivity contribution in [3.63, 3.8) is 0 Å².